The third-order valence-electron chi connectivity index (χ3n) is 4.57. The van der Waals surface area contributed by atoms with Gasteiger partial charge in [0.15, 0.2) is 5.69 Å². The lowest BCUT2D eigenvalue weighted by Gasteiger charge is -2.31. The molecule has 0 N–H and O–H groups in total. The highest BCUT2D eigenvalue weighted by atomic mass is 79.9. The third-order valence-corrected chi connectivity index (χ3v) is 6.04. The molecule has 4 nitrogen and oxygen atoms in total. The molecule has 3 fully saturated rings. The molecule has 4 heterocycles. The molecule has 5 rings (SSSR count). The maximum atomic E-state index is 13.0. The summed E-state index contributed by atoms with van der Waals surface area (Å²) < 4.78 is 6.47. The van der Waals surface area contributed by atoms with E-state index in [1.165, 1.54) is 11.5 Å². The molecular formula is C15H16BrN3OS. The van der Waals surface area contributed by atoms with E-state index in [1.807, 2.05) is 18.2 Å². The summed E-state index contributed by atoms with van der Waals surface area (Å²) in [5, 5.41) is 0.964. The first-order valence-corrected chi connectivity index (χ1v) is 8.88. The van der Waals surface area contributed by atoms with E-state index in [0.29, 0.717) is 11.7 Å². The van der Waals surface area contributed by atoms with E-state index >= 15 is 0 Å². The van der Waals surface area contributed by atoms with Gasteiger partial charge in [-0.25, -0.2) is 0 Å². The van der Waals surface area contributed by atoms with Gasteiger partial charge in [0.05, 0.1) is 4.70 Å². The highest BCUT2D eigenvalue weighted by molar-refractivity contribution is 9.10. The lowest BCUT2D eigenvalue weighted by atomic mass is 10.0. The van der Waals surface area contributed by atoms with Crippen molar-refractivity contribution in [1.82, 2.24) is 14.2 Å². The Morgan fingerprint density at radius 1 is 1.24 bits per heavy atom. The summed E-state index contributed by atoms with van der Waals surface area (Å²) in [6.45, 7) is 4.06. The van der Waals surface area contributed by atoms with E-state index in [2.05, 4.69) is 30.1 Å². The smallest absolute Gasteiger partial charge is 0.274 e. The largest absolute Gasteiger partial charge is 0.333 e. The van der Waals surface area contributed by atoms with Crippen molar-refractivity contribution >= 4 is 43.5 Å². The number of amides is 1. The van der Waals surface area contributed by atoms with Crippen LogP contribution in [-0.2, 0) is 0 Å². The molecular weight excluding hydrogens is 350 g/mol. The number of benzene rings is 1. The molecule has 3 aliphatic rings. The van der Waals surface area contributed by atoms with Crippen molar-refractivity contribution in [2.24, 2.45) is 0 Å². The number of piperidine rings is 1. The molecule has 2 aromatic rings. The van der Waals surface area contributed by atoms with Gasteiger partial charge in [-0.2, -0.15) is 4.37 Å². The maximum Gasteiger partial charge on any atom is 0.274 e. The molecule has 21 heavy (non-hydrogen) atoms. The molecule has 0 radical (unpaired) electrons. The second kappa shape index (κ2) is 5.34. The Labute approximate surface area is 136 Å². The molecule has 2 bridgehead atoms. The van der Waals surface area contributed by atoms with Crippen LogP contribution in [-0.4, -0.2) is 52.3 Å². The van der Waals surface area contributed by atoms with Crippen molar-refractivity contribution in [2.75, 3.05) is 26.2 Å². The quantitative estimate of drug-likeness (QED) is 0.779. The van der Waals surface area contributed by atoms with Crippen molar-refractivity contribution in [3.63, 3.8) is 0 Å². The van der Waals surface area contributed by atoms with E-state index in [4.69, 9.17) is 0 Å². The van der Waals surface area contributed by atoms with Gasteiger partial charge in [-0.1, -0.05) is 22.0 Å². The average Bonchev–Trinajstić information content (AvgIpc) is 2.72. The minimum absolute atomic E-state index is 0.0990. The van der Waals surface area contributed by atoms with Crippen LogP contribution >= 0.6 is 27.5 Å². The summed E-state index contributed by atoms with van der Waals surface area (Å²) in [5.74, 6) is 0.0990. The Morgan fingerprint density at radius 2 is 2.05 bits per heavy atom. The second-order valence-electron chi connectivity index (χ2n) is 5.72. The number of aromatic nitrogens is 1. The van der Waals surface area contributed by atoms with E-state index < -0.39 is 0 Å². The minimum atomic E-state index is 0.0990. The predicted octanol–water partition coefficient (Wildman–Crippen LogP) is 2.98. The van der Waals surface area contributed by atoms with Crippen LogP contribution in [0.3, 0.4) is 0 Å². The first-order chi connectivity index (χ1) is 10.2. The number of fused-ring (bicyclic) bond motifs is 5. The number of carbonyl (C=O) groups excluding carboxylic acids is 1. The van der Waals surface area contributed by atoms with Gasteiger partial charge < -0.3 is 9.80 Å². The van der Waals surface area contributed by atoms with Gasteiger partial charge in [-0.3, -0.25) is 4.79 Å². The Kier molecular flexibility index (Phi) is 3.47. The highest BCUT2D eigenvalue weighted by Crippen LogP contribution is 2.32. The van der Waals surface area contributed by atoms with Crippen LogP contribution < -0.4 is 0 Å². The first-order valence-electron chi connectivity index (χ1n) is 7.31. The Bertz CT molecular complexity index is 693. The van der Waals surface area contributed by atoms with Crippen LogP contribution in [0, 0.1) is 0 Å². The molecule has 0 saturated carbocycles. The standard InChI is InChI=1S/C15H16BrN3OS/c16-11-2-1-3-12-13(11)14(17-21-12)15(20)19-9-8-18-6-4-10(19)5-7-18/h1-3,10H,4-9H2. The van der Waals surface area contributed by atoms with Gasteiger partial charge in [0.2, 0.25) is 0 Å². The van der Waals surface area contributed by atoms with Crippen molar-refractivity contribution in [2.45, 2.75) is 18.9 Å². The van der Waals surface area contributed by atoms with Gasteiger partial charge in [0.1, 0.15) is 0 Å². The molecule has 0 atom stereocenters. The van der Waals surface area contributed by atoms with Crippen LogP contribution in [0.1, 0.15) is 23.3 Å². The van der Waals surface area contributed by atoms with Crippen molar-refractivity contribution in [1.29, 1.82) is 0 Å². The van der Waals surface area contributed by atoms with Crippen LogP contribution in [0.15, 0.2) is 22.7 Å². The predicted molar refractivity (Wildman–Crippen MR) is 87.8 cm³/mol. The fraction of sp³-hybridized carbons (Fsp3) is 0.467. The van der Waals surface area contributed by atoms with Crippen LogP contribution in [0.4, 0.5) is 0 Å². The number of hydrogen-bond donors (Lipinski definition) is 0. The fourth-order valence-corrected chi connectivity index (χ4v) is 4.87. The first kappa shape index (κ1) is 13.7. The number of nitrogens with zero attached hydrogens (tertiary/aromatic N) is 3. The monoisotopic (exact) mass is 365 g/mol. The Morgan fingerprint density at radius 3 is 2.86 bits per heavy atom. The zero-order valence-corrected chi connectivity index (χ0v) is 14.0. The van der Waals surface area contributed by atoms with E-state index in [0.717, 1.165) is 53.6 Å². The number of halogens is 1. The molecule has 3 aliphatic heterocycles. The number of rotatable bonds is 1. The zero-order chi connectivity index (χ0) is 14.4. The van der Waals surface area contributed by atoms with Gasteiger partial charge in [-0.15, -0.1) is 0 Å². The van der Waals surface area contributed by atoms with E-state index in [1.54, 1.807) is 0 Å². The van der Waals surface area contributed by atoms with Gasteiger partial charge in [0.25, 0.3) is 5.91 Å². The molecule has 110 valence electrons. The summed E-state index contributed by atoms with van der Waals surface area (Å²) in [4.78, 5) is 17.5. The van der Waals surface area contributed by atoms with Crippen LogP contribution in [0.2, 0.25) is 0 Å². The third kappa shape index (κ3) is 2.29. The number of carbonyl (C=O) groups is 1. The SMILES string of the molecule is O=C(c1nsc2cccc(Br)c12)N1CCN2CCC1CC2. The molecule has 1 aromatic heterocycles. The Hall–Kier alpha value is -0.980. The second-order valence-corrected chi connectivity index (χ2v) is 7.37. The van der Waals surface area contributed by atoms with Crippen molar-refractivity contribution in [3.05, 3.63) is 28.4 Å². The lowest BCUT2D eigenvalue weighted by molar-refractivity contribution is 0.0682. The van der Waals surface area contributed by atoms with Gasteiger partial charge in [-0.05, 0) is 36.5 Å². The molecule has 0 aliphatic carbocycles. The fourth-order valence-electron chi connectivity index (χ4n) is 3.39. The summed E-state index contributed by atoms with van der Waals surface area (Å²) in [5.41, 5.74) is 0.614. The molecule has 6 heteroatoms. The highest BCUT2D eigenvalue weighted by Gasteiger charge is 2.33. The average molecular weight is 366 g/mol. The summed E-state index contributed by atoms with van der Waals surface area (Å²) >= 11 is 4.97. The van der Waals surface area contributed by atoms with Crippen molar-refractivity contribution in [3.8, 4) is 0 Å². The topological polar surface area (TPSA) is 36.4 Å². The lowest BCUT2D eigenvalue weighted by Crippen LogP contribution is -2.41. The van der Waals surface area contributed by atoms with E-state index in [-0.39, 0.29) is 5.91 Å². The molecule has 0 unspecified atom stereocenters. The minimum Gasteiger partial charge on any atom is -0.333 e. The zero-order valence-electron chi connectivity index (χ0n) is 11.6. The van der Waals surface area contributed by atoms with Crippen LogP contribution in [0.5, 0.6) is 0 Å². The van der Waals surface area contributed by atoms with Gasteiger partial charge in [0, 0.05) is 42.1 Å². The Balaban J connectivity index is 1.73. The molecule has 3 saturated heterocycles. The number of hydrogen-bond acceptors (Lipinski definition) is 4. The molecule has 1 amide bonds. The maximum absolute atomic E-state index is 13.0. The van der Waals surface area contributed by atoms with Crippen LogP contribution in [0.25, 0.3) is 10.1 Å². The summed E-state index contributed by atoms with van der Waals surface area (Å²) in [6.07, 6.45) is 2.18. The molecule has 0 spiro atoms. The van der Waals surface area contributed by atoms with Gasteiger partial charge >= 0.3 is 0 Å². The van der Waals surface area contributed by atoms with E-state index in [9.17, 15) is 4.79 Å². The summed E-state index contributed by atoms with van der Waals surface area (Å²) in [7, 11) is 0. The molecule has 1 aromatic carbocycles. The normalized spacial score (nSPS) is 25.3. The van der Waals surface area contributed by atoms with Crippen molar-refractivity contribution < 1.29 is 4.79 Å². The summed E-state index contributed by atoms with van der Waals surface area (Å²) in [6, 6.07) is 6.37.